The Labute approximate surface area is 114 Å². The fourth-order valence-electron chi connectivity index (χ4n) is 2.50. The van der Waals surface area contributed by atoms with E-state index in [1.54, 1.807) is 0 Å². The SMILES string of the molecule is NC(C(=O)O)c1ccc(CCN2CCCCC2)cc1. The molecule has 0 radical (unpaired) electrons. The van der Waals surface area contributed by atoms with Crippen molar-refractivity contribution in [2.45, 2.75) is 31.7 Å². The Hall–Kier alpha value is -1.39. The standard InChI is InChI=1S/C15H22N2O2/c16-14(15(18)19)13-6-4-12(5-7-13)8-11-17-9-2-1-3-10-17/h4-7,14H,1-3,8-11,16H2,(H,18,19). The van der Waals surface area contributed by atoms with Gasteiger partial charge in [-0.25, -0.2) is 0 Å². The lowest BCUT2D eigenvalue weighted by Crippen LogP contribution is -2.31. The summed E-state index contributed by atoms with van der Waals surface area (Å²) >= 11 is 0. The topological polar surface area (TPSA) is 66.6 Å². The summed E-state index contributed by atoms with van der Waals surface area (Å²) in [5, 5.41) is 8.85. The Morgan fingerprint density at radius 2 is 1.84 bits per heavy atom. The number of carboxylic acids is 1. The molecule has 19 heavy (non-hydrogen) atoms. The average Bonchev–Trinajstić information content (AvgIpc) is 2.46. The summed E-state index contributed by atoms with van der Waals surface area (Å²) in [5.41, 5.74) is 7.47. The summed E-state index contributed by atoms with van der Waals surface area (Å²) in [7, 11) is 0. The van der Waals surface area contributed by atoms with E-state index in [2.05, 4.69) is 4.90 Å². The van der Waals surface area contributed by atoms with Crippen LogP contribution < -0.4 is 5.73 Å². The van der Waals surface area contributed by atoms with Gasteiger partial charge in [0, 0.05) is 6.54 Å². The molecule has 4 heteroatoms. The van der Waals surface area contributed by atoms with Crippen LogP contribution in [-0.2, 0) is 11.2 Å². The Morgan fingerprint density at radius 1 is 1.21 bits per heavy atom. The molecule has 1 aliphatic rings. The maximum Gasteiger partial charge on any atom is 0.325 e. The fourth-order valence-corrected chi connectivity index (χ4v) is 2.50. The number of hydrogen-bond donors (Lipinski definition) is 2. The molecule has 0 aromatic heterocycles. The molecule has 104 valence electrons. The Bertz CT molecular complexity index is 411. The lowest BCUT2D eigenvalue weighted by atomic mass is 10.0. The maximum atomic E-state index is 10.8. The van der Waals surface area contributed by atoms with Gasteiger partial charge < -0.3 is 15.7 Å². The third-order valence-corrected chi connectivity index (χ3v) is 3.77. The van der Waals surface area contributed by atoms with E-state index in [9.17, 15) is 4.79 Å². The van der Waals surface area contributed by atoms with Crippen molar-refractivity contribution in [3.05, 3.63) is 35.4 Å². The molecule has 3 N–H and O–H groups in total. The largest absolute Gasteiger partial charge is 0.480 e. The Kier molecular flexibility index (Phi) is 4.93. The third kappa shape index (κ3) is 4.04. The molecule has 0 aliphatic carbocycles. The zero-order valence-corrected chi connectivity index (χ0v) is 11.2. The van der Waals surface area contributed by atoms with Gasteiger partial charge in [-0.2, -0.15) is 0 Å². The normalized spacial score (nSPS) is 18.2. The van der Waals surface area contributed by atoms with Gasteiger partial charge >= 0.3 is 5.97 Å². The van der Waals surface area contributed by atoms with E-state index in [4.69, 9.17) is 10.8 Å². The molecule has 0 bridgehead atoms. The Morgan fingerprint density at radius 3 is 2.42 bits per heavy atom. The van der Waals surface area contributed by atoms with Gasteiger partial charge in [-0.1, -0.05) is 30.7 Å². The van der Waals surface area contributed by atoms with Gasteiger partial charge in [0.25, 0.3) is 0 Å². The molecular formula is C15H22N2O2. The van der Waals surface area contributed by atoms with Crippen LogP contribution in [0.3, 0.4) is 0 Å². The van der Waals surface area contributed by atoms with Crippen molar-refractivity contribution >= 4 is 5.97 Å². The quantitative estimate of drug-likeness (QED) is 0.849. The summed E-state index contributed by atoms with van der Waals surface area (Å²) in [6.07, 6.45) is 5.00. The number of piperidine rings is 1. The summed E-state index contributed by atoms with van der Waals surface area (Å²) in [6, 6.07) is 6.70. The van der Waals surface area contributed by atoms with Gasteiger partial charge in [-0.05, 0) is 43.5 Å². The van der Waals surface area contributed by atoms with Crippen molar-refractivity contribution in [1.82, 2.24) is 4.90 Å². The molecule has 1 saturated heterocycles. The van der Waals surface area contributed by atoms with Crippen LogP contribution in [0.15, 0.2) is 24.3 Å². The van der Waals surface area contributed by atoms with Crippen LogP contribution in [0.1, 0.15) is 36.4 Å². The second kappa shape index (κ2) is 6.68. The van der Waals surface area contributed by atoms with Crippen LogP contribution in [0.4, 0.5) is 0 Å². The zero-order valence-electron chi connectivity index (χ0n) is 11.2. The van der Waals surface area contributed by atoms with Gasteiger partial charge in [-0.15, -0.1) is 0 Å². The van der Waals surface area contributed by atoms with Gasteiger partial charge in [-0.3, -0.25) is 4.79 Å². The number of carboxylic acid groups (broad SMARTS) is 1. The number of rotatable bonds is 5. The number of likely N-dealkylation sites (tertiary alicyclic amines) is 1. The number of carbonyl (C=O) groups is 1. The maximum absolute atomic E-state index is 10.8. The van der Waals surface area contributed by atoms with Crippen LogP contribution in [0.5, 0.6) is 0 Å². The summed E-state index contributed by atoms with van der Waals surface area (Å²) < 4.78 is 0. The Balaban J connectivity index is 1.86. The van der Waals surface area contributed by atoms with Crippen molar-refractivity contribution in [2.75, 3.05) is 19.6 Å². The number of nitrogens with zero attached hydrogens (tertiary/aromatic N) is 1. The van der Waals surface area contributed by atoms with E-state index in [0.717, 1.165) is 13.0 Å². The van der Waals surface area contributed by atoms with Crippen LogP contribution >= 0.6 is 0 Å². The van der Waals surface area contributed by atoms with Gasteiger partial charge in [0.15, 0.2) is 0 Å². The molecular weight excluding hydrogens is 240 g/mol. The van der Waals surface area contributed by atoms with Gasteiger partial charge in [0.2, 0.25) is 0 Å². The van der Waals surface area contributed by atoms with Crippen LogP contribution in [0.2, 0.25) is 0 Å². The minimum Gasteiger partial charge on any atom is -0.480 e. The highest BCUT2D eigenvalue weighted by molar-refractivity contribution is 5.75. The van der Waals surface area contributed by atoms with Crippen LogP contribution in [0.25, 0.3) is 0 Å². The van der Waals surface area contributed by atoms with E-state index in [0.29, 0.717) is 5.56 Å². The van der Waals surface area contributed by atoms with Crippen molar-refractivity contribution < 1.29 is 9.90 Å². The highest BCUT2D eigenvalue weighted by Gasteiger charge is 2.14. The van der Waals surface area contributed by atoms with Crippen molar-refractivity contribution in [3.8, 4) is 0 Å². The first kappa shape index (κ1) is 14.0. The monoisotopic (exact) mass is 262 g/mol. The first-order chi connectivity index (χ1) is 9.16. The molecule has 1 aromatic rings. The molecule has 2 rings (SSSR count). The van der Waals surface area contributed by atoms with Crippen LogP contribution in [0, 0.1) is 0 Å². The molecule has 1 fully saturated rings. The molecule has 1 aliphatic heterocycles. The molecule has 1 heterocycles. The summed E-state index contributed by atoms with van der Waals surface area (Å²) in [4.78, 5) is 13.3. The number of hydrogen-bond acceptors (Lipinski definition) is 3. The second-order valence-electron chi connectivity index (χ2n) is 5.21. The molecule has 1 unspecified atom stereocenters. The molecule has 0 spiro atoms. The smallest absolute Gasteiger partial charge is 0.325 e. The molecule has 1 atom stereocenters. The van der Waals surface area contributed by atoms with E-state index in [1.165, 1.54) is 37.9 Å². The van der Waals surface area contributed by atoms with E-state index in [-0.39, 0.29) is 0 Å². The van der Waals surface area contributed by atoms with E-state index in [1.807, 2.05) is 24.3 Å². The summed E-state index contributed by atoms with van der Waals surface area (Å²) in [6.45, 7) is 3.51. The average molecular weight is 262 g/mol. The number of aliphatic carboxylic acids is 1. The lowest BCUT2D eigenvalue weighted by molar-refractivity contribution is -0.138. The predicted octanol–water partition coefficient (Wildman–Crippen LogP) is 1.80. The minimum absolute atomic E-state index is 0.661. The van der Waals surface area contributed by atoms with Crippen molar-refractivity contribution in [3.63, 3.8) is 0 Å². The molecule has 0 amide bonds. The minimum atomic E-state index is -0.985. The number of benzene rings is 1. The first-order valence-electron chi connectivity index (χ1n) is 6.96. The lowest BCUT2D eigenvalue weighted by Gasteiger charge is -2.26. The molecule has 0 saturated carbocycles. The second-order valence-corrected chi connectivity index (χ2v) is 5.21. The first-order valence-corrected chi connectivity index (χ1v) is 6.96. The molecule has 1 aromatic carbocycles. The zero-order chi connectivity index (χ0) is 13.7. The van der Waals surface area contributed by atoms with Crippen molar-refractivity contribution in [2.24, 2.45) is 5.73 Å². The third-order valence-electron chi connectivity index (χ3n) is 3.77. The van der Waals surface area contributed by atoms with E-state index < -0.39 is 12.0 Å². The fraction of sp³-hybridized carbons (Fsp3) is 0.533. The van der Waals surface area contributed by atoms with Crippen LogP contribution in [-0.4, -0.2) is 35.6 Å². The van der Waals surface area contributed by atoms with Gasteiger partial charge in [0.05, 0.1) is 0 Å². The highest BCUT2D eigenvalue weighted by atomic mass is 16.4. The molecule has 4 nitrogen and oxygen atoms in total. The predicted molar refractivity (Wildman–Crippen MR) is 75.0 cm³/mol. The van der Waals surface area contributed by atoms with Gasteiger partial charge in [0.1, 0.15) is 6.04 Å². The summed E-state index contributed by atoms with van der Waals surface area (Å²) in [5.74, 6) is -0.985. The van der Waals surface area contributed by atoms with Crippen molar-refractivity contribution in [1.29, 1.82) is 0 Å². The van der Waals surface area contributed by atoms with E-state index >= 15 is 0 Å². The highest BCUT2D eigenvalue weighted by Crippen LogP contribution is 2.14. The number of nitrogens with two attached hydrogens (primary N) is 1.